The number of nitrogens with one attached hydrogen (secondary N) is 2. The van der Waals surface area contributed by atoms with Crippen LogP contribution in [0.25, 0.3) is 0 Å². The number of likely N-dealkylation sites (tertiary alicyclic amines) is 1. The quantitative estimate of drug-likeness (QED) is 0.852. The van der Waals surface area contributed by atoms with Gasteiger partial charge in [0.25, 0.3) is 5.91 Å². The second kappa shape index (κ2) is 8.01. The van der Waals surface area contributed by atoms with Crippen LogP contribution in [0.15, 0.2) is 42.5 Å². The van der Waals surface area contributed by atoms with Gasteiger partial charge in [-0.2, -0.15) is 0 Å². The Kier molecular flexibility index (Phi) is 5.30. The van der Waals surface area contributed by atoms with Crippen LogP contribution in [-0.4, -0.2) is 32.3 Å². The first-order valence-corrected chi connectivity index (χ1v) is 9.75. The molecule has 0 atom stereocenters. The predicted molar refractivity (Wildman–Crippen MR) is 104 cm³/mol. The van der Waals surface area contributed by atoms with Crippen LogP contribution in [0.5, 0.6) is 11.5 Å². The molecule has 0 aliphatic carbocycles. The molecule has 142 valence electrons. The normalized spacial score (nSPS) is 21.1. The molecule has 2 aromatic carbocycles. The fourth-order valence-corrected chi connectivity index (χ4v) is 4.01. The topological polar surface area (TPSA) is 52.0 Å². The van der Waals surface area contributed by atoms with Gasteiger partial charge in [-0.15, -0.1) is 0 Å². The van der Waals surface area contributed by atoms with Gasteiger partial charge < -0.3 is 19.7 Å². The van der Waals surface area contributed by atoms with Crippen LogP contribution in [0.3, 0.4) is 0 Å². The fourth-order valence-electron chi connectivity index (χ4n) is 4.01. The molecule has 2 heterocycles. The summed E-state index contributed by atoms with van der Waals surface area (Å²) >= 11 is 0. The van der Waals surface area contributed by atoms with Gasteiger partial charge in [-0.3, -0.25) is 4.79 Å². The largest absolute Gasteiger partial charge is 0.454 e. The lowest BCUT2D eigenvalue weighted by Crippen LogP contribution is -3.14. The molecule has 2 aliphatic heterocycles. The Labute approximate surface area is 160 Å². The van der Waals surface area contributed by atoms with Gasteiger partial charge in [0.15, 0.2) is 18.0 Å². The maximum atomic E-state index is 12.5. The van der Waals surface area contributed by atoms with Gasteiger partial charge in [0, 0.05) is 11.8 Å². The van der Waals surface area contributed by atoms with Crippen molar-refractivity contribution in [1.82, 2.24) is 0 Å². The van der Waals surface area contributed by atoms with Crippen LogP contribution in [0.4, 0.5) is 5.69 Å². The second-order valence-electron chi connectivity index (χ2n) is 7.63. The molecule has 1 saturated heterocycles. The van der Waals surface area contributed by atoms with E-state index >= 15 is 0 Å². The highest BCUT2D eigenvalue weighted by Gasteiger charge is 2.24. The zero-order valence-corrected chi connectivity index (χ0v) is 15.8. The van der Waals surface area contributed by atoms with Crippen LogP contribution in [0, 0.1) is 12.8 Å². The van der Waals surface area contributed by atoms with Gasteiger partial charge in [-0.1, -0.05) is 30.3 Å². The summed E-state index contributed by atoms with van der Waals surface area (Å²) in [6, 6.07) is 14.5. The van der Waals surface area contributed by atoms with Crippen molar-refractivity contribution in [1.29, 1.82) is 0 Å². The van der Waals surface area contributed by atoms with Crippen LogP contribution in [-0.2, 0) is 11.2 Å². The van der Waals surface area contributed by atoms with Gasteiger partial charge in [-0.25, -0.2) is 0 Å². The maximum absolute atomic E-state index is 12.5. The average Bonchev–Trinajstić information content (AvgIpc) is 3.11. The van der Waals surface area contributed by atoms with Crippen molar-refractivity contribution in [2.75, 3.05) is 31.7 Å². The molecule has 2 N–H and O–H groups in total. The minimum atomic E-state index is 0.0634. The first-order chi connectivity index (χ1) is 13.2. The molecule has 2 aliphatic rings. The van der Waals surface area contributed by atoms with E-state index in [1.54, 1.807) is 0 Å². The summed E-state index contributed by atoms with van der Waals surface area (Å²) in [6.45, 7) is 4.86. The minimum Gasteiger partial charge on any atom is -0.454 e. The van der Waals surface area contributed by atoms with Crippen molar-refractivity contribution in [3.63, 3.8) is 0 Å². The van der Waals surface area contributed by atoms with Crippen molar-refractivity contribution < 1.29 is 19.2 Å². The Bertz CT molecular complexity index is 799. The lowest BCUT2D eigenvalue weighted by molar-refractivity contribution is -0.898. The second-order valence-corrected chi connectivity index (χ2v) is 7.63. The Morgan fingerprint density at radius 1 is 1.11 bits per heavy atom. The van der Waals surface area contributed by atoms with E-state index in [1.165, 1.54) is 23.3 Å². The fraction of sp³-hybridized carbons (Fsp3) is 0.409. The first-order valence-electron chi connectivity index (χ1n) is 9.75. The SMILES string of the molecule is Cc1cc2c(cc1NC(=O)C[NH+]1CCC(Cc3ccccc3)CC1)OCO2. The standard InChI is InChI=1S/C22H26N2O3/c1-16-11-20-21(27-15-26-20)13-19(16)23-22(25)14-24-9-7-18(8-10-24)12-17-5-3-2-4-6-17/h2-6,11,13,18H,7-10,12,14-15H2,1H3,(H,23,25)/p+1. The molecule has 5 nitrogen and oxygen atoms in total. The van der Waals surface area contributed by atoms with Crippen molar-refractivity contribution >= 4 is 11.6 Å². The molecule has 0 unspecified atom stereocenters. The third kappa shape index (κ3) is 4.42. The van der Waals surface area contributed by atoms with Crippen LogP contribution in [0.2, 0.25) is 0 Å². The summed E-state index contributed by atoms with van der Waals surface area (Å²) in [5, 5.41) is 3.04. The van der Waals surface area contributed by atoms with Crippen molar-refractivity contribution in [2.24, 2.45) is 5.92 Å². The highest BCUT2D eigenvalue weighted by Crippen LogP contribution is 2.36. The Morgan fingerprint density at radius 2 is 1.81 bits per heavy atom. The summed E-state index contributed by atoms with van der Waals surface area (Å²) in [4.78, 5) is 13.9. The van der Waals surface area contributed by atoms with Gasteiger partial charge in [0.05, 0.1) is 13.1 Å². The van der Waals surface area contributed by atoms with Crippen molar-refractivity contribution in [3.05, 3.63) is 53.6 Å². The molecule has 4 rings (SSSR count). The molecular formula is C22H27N2O3+. The summed E-state index contributed by atoms with van der Waals surface area (Å²) in [5.41, 5.74) is 3.22. The molecule has 2 aromatic rings. The van der Waals surface area contributed by atoms with Gasteiger partial charge >= 0.3 is 0 Å². The molecule has 0 spiro atoms. The van der Waals surface area contributed by atoms with E-state index in [0.29, 0.717) is 12.3 Å². The monoisotopic (exact) mass is 367 g/mol. The molecular weight excluding hydrogens is 340 g/mol. The molecule has 1 fully saturated rings. The van der Waals surface area contributed by atoms with Crippen LogP contribution < -0.4 is 19.7 Å². The number of hydrogen-bond donors (Lipinski definition) is 2. The third-order valence-corrected chi connectivity index (χ3v) is 5.58. The zero-order chi connectivity index (χ0) is 18.6. The summed E-state index contributed by atoms with van der Waals surface area (Å²) < 4.78 is 10.8. The average molecular weight is 367 g/mol. The lowest BCUT2D eigenvalue weighted by Gasteiger charge is -2.29. The van der Waals surface area contributed by atoms with Gasteiger partial charge in [0.2, 0.25) is 6.79 Å². The Balaban J connectivity index is 1.26. The number of aryl methyl sites for hydroxylation is 1. The number of carbonyl (C=O) groups is 1. The molecule has 0 aromatic heterocycles. The highest BCUT2D eigenvalue weighted by atomic mass is 16.7. The number of ether oxygens (including phenoxy) is 2. The smallest absolute Gasteiger partial charge is 0.279 e. The molecule has 27 heavy (non-hydrogen) atoms. The third-order valence-electron chi connectivity index (χ3n) is 5.58. The summed E-state index contributed by atoms with van der Waals surface area (Å²) in [5.74, 6) is 2.24. The molecule has 1 amide bonds. The van der Waals surface area contributed by atoms with Crippen molar-refractivity contribution in [3.8, 4) is 11.5 Å². The van der Waals surface area contributed by atoms with E-state index in [1.807, 2.05) is 19.1 Å². The number of quaternary nitrogens is 1. The van der Waals surface area contributed by atoms with E-state index in [9.17, 15) is 4.79 Å². The number of benzene rings is 2. The number of anilines is 1. The van der Waals surface area contributed by atoms with Crippen molar-refractivity contribution in [2.45, 2.75) is 26.2 Å². The molecule has 0 radical (unpaired) electrons. The van der Waals surface area contributed by atoms with Crippen LogP contribution in [0.1, 0.15) is 24.0 Å². The van der Waals surface area contributed by atoms with E-state index < -0.39 is 0 Å². The highest BCUT2D eigenvalue weighted by molar-refractivity contribution is 5.92. The number of hydrogen-bond acceptors (Lipinski definition) is 3. The molecule has 5 heteroatoms. The number of carbonyl (C=O) groups excluding carboxylic acids is 1. The zero-order valence-electron chi connectivity index (χ0n) is 15.8. The first kappa shape index (κ1) is 17.9. The summed E-state index contributed by atoms with van der Waals surface area (Å²) in [7, 11) is 0. The van der Waals surface area contributed by atoms with E-state index in [2.05, 4.69) is 35.6 Å². The predicted octanol–water partition coefficient (Wildman–Crippen LogP) is 2.20. The van der Waals surface area contributed by atoms with Gasteiger partial charge in [-0.05, 0) is 49.3 Å². The van der Waals surface area contributed by atoms with E-state index in [-0.39, 0.29) is 12.7 Å². The number of rotatable bonds is 5. The van der Waals surface area contributed by atoms with Crippen LogP contribution >= 0.6 is 0 Å². The van der Waals surface area contributed by atoms with Gasteiger partial charge in [0.1, 0.15) is 0 Å². The molecule has 0 saturated carbocycles. The lowest BCUT2D eigenvalue weighted by atomic mass is 9.90. The number of piperidine rings is 1. The Morgan fingerprint density at radius 3 is 2.56 bits per heavy atom. The maximum Gasteiger partial charge on any atom is 0.279 e. The van der Waals surface area contributed by atoms with E-state index in [0.717, 1.165) is 42.4 Å². The number of amides is 1. The minimum absolute atomic E-state index is 0.0634. The van der Waals surface area contributed by atoms with E-state index in [4.69, 9.17) is 9.47 Å². The summed E-state index contributed by atoms with van der Waals surface area (Å²) in [6.07, 6.45) is 3.51. The molecule has 0 bridgehead atoms. The number of fused-ring (bicyclic) bond motifs is 1. The Hall–Kier alpha value is -2.53.